The maximum Gasteiger partial charge on any atom is 0.246 e. The number of ether oxygens (including phenoxy) is 2. The number of amides is 1. The zero-order valence-electron chi connectivity index (χ0n) is 22.9. The minimum Gasteiger partial charge on any atom is -0.495 e. The van der Waals surface area contributed by atoms with E-state index in [1.54, 1.807) is 53.4 Å². The van der Waals surface area contributed by atoms with Crippen LogP contribution in [0, 0.1) is 12.7 Å². The summed E-state index contributed by atoms with van der Waals surface area (Å²) in [6.07, 6.45) is 6.16. The third kappa shape index (κ3) is 5.42. The number of rotatable bonds is 9. The number of pyridine rings is 1. The summed E-state index contributed by atoms with van der Waals surface area (Å²) in [6, 6.07) is 13.7. The molecule has 0 aliphatic carbocycles. The fourth-order valence-electron chi connectivity index (χ4n) is 4.57. The Kier molecular flexibility index (Phi) is 7.09. The van der Waals surface area contributed by atoms with E-state index < -0.39 is 5.82 Å². The highest BCUT2D eigenvalue weighted by Crippen LogP contribution is 2.35. The number of hydrogen-bond acceptors (Lipinski definition) is 9. The predicted molar refractivity (Wildman–Crippen MR) is 156 cm³/mol. The lowest BCUT2D eigenvalue weighted by Gasteiger charge is -2.39. The second-order valence-corrected chi connectivity index (χ2v) is 9.71. The van der Waals surface area contributed by atoms with Crippen molar-refractivity contribution in [2.75, 3.05) is 30.8 Å². The Bertz CT molecular complexity index is 1780. The molecule has 0 saturated carbocycles. The first kappa shape index (κ1) is 26.7. The molecule has 1 aliphatic rings. The number of benzene rings is 2. The van der Waals surface area contributed by atoms with Crippen molar-refractivity contribution in [1.82, 2.24) is 29.6 Å². The van der Waals surface area contributed by atoms with Gasteiger partial charge in [0, 0.05) is 48.6 Å². The molecular weight excluding hydrogens is 539 g/mol. The first-order valence-corrected chi connectivity index (χ1v) is 13.1. The minimum absolute atomic E-state index is 0.0474. The van der Waals surface area contributed by atoms with Crippen molar-refractivity contribution in [1.29, 1.82) is 0 Å². The van der Waals surface area contributed by atoms with Gasteiger partial charge in [-0.3, -0.25) is 9.78 Å². The number of likely N-dealkylation sites (tertiary alicyclic amines) is 1. The SMILES string of the molecule is C=CC(=O)N1CC(Nc2cc3c(Nc4ccc(Oc5ccn(-c6ccc(C)nc6)n5)cc4F)ncnc3cc2OC)C1. The zero-order valence-corrected chi connectivity index (χ0v) is 22.9. The van der Waals surface area contributed by atoms with Crippen LogP contribution >= 0.6 is 0 Å². The van der Waals surface area contributed by atoms with Gasteiger partial charge in [-0.15, -0.1) is 5.10 Å². The molecule has 2 aromatic carbocycles. The van der Waals surface area contributed by atoms with Gasteiger partial charge in [-0.1, -0.05) is 6.58 Å². The van der Waals surface area contributed by atoms with Crippen LogP contribution in [-0.2, 0) is 4.79 Å². The summed E-state index contributed by atoms with van der Waals surface area (Å²) >= 11 is 0. The van der Waals surface area contributed by atoms with Crippen LogP contribution in [0.3, 0.4) is 0 Å². The van der Waals surface area contributed by atoms with Crippen molar-refractivity contribution in [2.24, 2.45) is 0 Å². The lowest BCUT2D eigenvalue weighted by atomic mass is 10.1. The lowest BCUT2D eigenvalue weighted by Crippen LogP contribution is -2.56. The van der Waals surface area contributed by atoms with Crippen molar-refractivity contribution in [3.63, 3.8) is 0 Å². The van der Waals surface area contributed by atoms with Crippen LogP contribution in [0.25, 0.3) is 16.6 Å². The molecule has 12 heteroatoms. The van der Waals surface area contributed by atoms with Crippen molar-refractivity contribution < 1.29 is 18.7 Å². The molecule has 4 heterocycles. The van der Waals surface area contributed by atoms with Crippen LogP contribution in [0.1, 0.15) is 5.69 Å². The van der Waals surface area contributed by atoms with Crippen LogP contribution in [0.2, 0.25) is 0 Å². The number of aryl methyl sites for hydroxylation is 1. The Morgan fingerprint density at radius 3 is 2.69 bits per heavy atom. The second-order valence-electron chi connectivity index (χ2n) is 9.71. The first-order valence-electron chi connectivity index (χ1n) is 13.1. The topological polar surface area (TPSA) is 119 Å². The van der Waals surface area contributed by atoms with Crippen LogP contribution in [0.15, 0.2) is 79.9 Å². The highest BCUT2D eigenvalue weighted by Gasteiger charge is 2.30. The van der Waals surface area contributed by atoms with Gasteiger partial charge in [-0.2, -0.15) is 0 Å². The molecular formula is C30H27FN8O3. The molecule has 3 aromatic heterocycles. The predicted octanol–water partition coefficient (Wildman–Crippen LogP) is 5.01. The number of anilines is 3. The molecule has 0 atom stereocenters. The lowest BCUT2D eigenvalue weighted by molar-refractivity contribution is -0.129. The zero-order chi connectivity index (χ0) is 29.2. The molecule has 1 aliphatic heterocycles. The fraction of sp³-hybridized carbons (Fsp3) is 0.167. The van der Waals surface area contributed by atoms with Crippen molar-refractivity contribution >= 4 is 34.0 Å². The molecule has 6 rings (SSSR count). The highest BCUT2D eigenvalue weighted by molar-refractivity contribution is 5.95. The molecule has 212 valence electrons. The first-order chi connectivity index (χ1) is 20.4. The second kappa shape index (κ2) is 11.2. The molecule has 2 N–H and O–H groups in total. The molecule has 5 aromatic rings. The number of nitrogens with zero attached hydrogens (tertiary/aromatic N) is 6. The van der Waals surface area contributed by atoms with Crippen LogP contribution in [0.5, 0.6) is 17.4 Å². The quantitative estimate of drug-likeness (QED) is 0.237. The number of halogens is 1. The largest absolute Gasteiger partial charge is 0.495 e. The fourth-order valence-corrected chi connectivity index (χ4v) is 4.57. The summed E-state index contributed by atoms with van der Waals surface area (Å²) in [4.78, 5) is 26.5. The Hall–Kier alpha value is -5.52. The molecule has 0 unspecified atom stereocenters. The summed E-state index contributed by atoms with van der Waals surface area (Å²) < 4.78 is 28.2. The van der Waals surface area contributed by atoms with E-state index in [1.165, 1.54) is 18.5 Å². The van der Waals surface area contributed by atoms with Gasteiger partial charge in [0.1, 0.15) is 29.5 Å². The number of carbonyl (C=O) groups excluding carboxylic acids is 1. The maximum absolute atomic E-state index is 15.2. The van der Waals surface area contributed by atoms with E-state index in [9.17, 15) is 4.79 Å². The van der Waals surface area contributed by atoms with E-state index in [0.29, 0.717) is 52.9 Å². The van der Waals surface area contributed by atoms with Gasteiger partial charge in [-0.05, 0) is 43.3 Å². The molecule has 11 nitrogen and oxygen atoms in total. The number of carbonyl (C=O) groups is 1. The summed E-state index contributed by atoms with van der Waals surface area (Å²) in [5.74, 6) is 0.977. The van der Waals surface area contributed by atoms with E-state index in [2.05, 4.69) is 37.3 Å². The van der Waals surface area contributed by atoms with E-state index in [-0.39, 0.29) is 17.6 Å². The number of methoxy groups -OCH3 is 1. The van der Waals surface area contributed by atoms with Gasteiger partial charge in [0.25, 0.3) is 0 Å². The van der Waals surface area contributed by atoms with E-state index >= 15 is 4.39 Å². The summed E-state index contributed by atoms with van der Waals surface area (Å²) in [5, 5.41) is 11.5. The minimum atomic E-state index is -0.533. The van der Waals surface area contributed by atoms with Gasteiger partial charge in [0.15, 0.2) is 0 Å². The summed E-state index contributed by atoms with van der Waals surface area (Å²) in [7, 11) is 1.57. The third-order valence-electron chi connectivity index (χ3n) is 6.82. The average Bonchev–Trinajstić information content (AvgIpc) is 3.44. The Morgan fingerprint density at radius 1 is 1.10 bits per heavy atom. The van der Waals surface area contributed by atoms with Crippen LogP contribution in [0.4, 0.5) is 21.6 Å². The average molecular weight is 567 g/mol. The van der Waals surface area contributed by atoms with E-state index in [0.717, 1.165) is 11.4 Å². The molecule has 0 bridgehead atoms. The molecule has 0 spiro atoms. The molecule has 1 saturated heterocycles. The Morgan fingerprint density at radius 2 is 1.95 bits per heavy atom. The summed E-state index contributed by atoms with van der Waals surface area (Å²) in [6.45, 7) is 6.53. The monoisotopic (exact) mass is 566 g/mol. The van der Waals surface area contributed by atoms with Crippen molar-refractivity contribution in [2.45, 2.75) is 13.0 Å². The van der Waals surface area contributed by atoms with Gasteiger partial charge < -0.3 is 25.0 Å². The molecule has 1 amide bonds. The standard InChI is InChI=1S/C30H27FN8O3/c1-4-29(40)38-15-19(16-38)35-26-12-22-25(13-27(26)41-3)33-17-34-30(22)36-24-8-7-21(11-23(24)31)42-28-9-10-39(37-28)20-6-5-18(2)32-14-20/h4-14,17,19,35H,1,15-16H2,2-3H3,(H,33,34,36). The normalized spacial score (nSPS) is 13.0. The van der Waals surface area contributed by atoms with Gasteiger partial charge >= 0.3 is 0 Å². The van der Waals surface area contributed by atoms with Crippen molar-refractivity contribution in [3.8, 4) is 23.1 Å². The third-order valence-corrected chi connectivity index (χ3v) is 6.82. The summed E-state index contributed by atoms with van der Waals surface area (Å²) in [5.41, 5.74) is 3.23. The molecule has 1 fully saturated rings. The highest BCUT2D eigenvalue weighted by atomic mass is 19.1. The number of hydrogen-bond donors (Lipinski definition) is 2. The smallest absolute Gasteiger partial charge is 0.246 e. The van der Waals surface area contributed by atoms with E-state index in [4.69, 9.17) is 9.47 Å². The molecule has 0 radical (unpaired) electrons. The number of nitrogens with one attached hydrogen (secondary N) is 2. The maximum atomic E-state index is 15.2. The number of fused-ring (bicyclic) bond motifs is 1. The Balaban J connectivity index is 1.19. The van der Waals surface area contributed by atoms with E-state index in [1.807, 2.05) is 25.1 Å². The molecule has 42 heavy (non-hydrogen) atoms. The van der Waals surface area contributed by atoms with Crippen molar-refractivity contribution in [3.05, 3.63) is 91.4 Å². The number of aromatic nitrogens is 5. The van der Waals surface area contributed by atoms with Crippen LogP contribution in [-0.4, -0.2) is 61.8 Å². The van der Waals surface area contributed by atoms with Gasteiger partial charge in [-0.25, -0.2) is 19.0 Å². The van der Waals surface area contributed by atoms with Gasteiger partial charge in [0.05, 0.1) is 41.9 Å². The van der Waals surface area contributed by atoms with Gasteiger partial charge in [0.2, 0.25) is 11.8 Å². The van der Waals surface area contributed by atoms with Crippen LogP contribution < -0.4 is 20.1 Å². The Labute approximate surface area is 240 Å².